The molecule has 1 saturated carbocycles. The molecule has 3 nitrogen and oxygen atoms in total. The largest absolute Gasteiger partial charge is 0.494 e. The van der Waals surface area contributed by atoms with Crippen molar-refractivity contribution in [3.05, 3.63) is 18.2 Å². The molecule has 0 atom stereocenters. The van der Waals surface area contributed by atoms with Gasteiger partial charge in [0.15, 0.2) is 0 Å². The standard InChI is InChI=1S/C8H12N2O.C8H16/c1-2-11-6-3-4-7(9)8(10)5-6;1-8(2)6-4-3-5-7-8/h3-5H,2,9-10H2,1H3;3-7H2,1-2H3. The summed E-state index contributed by atoms with van der Waals surface area (Å²) in [5.74, 6) is 0.763. The number of nitrogen functional groups attached to an aromatic ring is 2. The third-order valence-electron chi connectivity index (χ3n) is 3.58. The summed E-state index contributed by atoms with van der Waals surface area (Å²) in [6.07, 6.45) is 7.31. The van der Waals surface area contributed by atoms with Crippen LogP contribution in [0.3, 0.4) is 0 Å². The van der Waals surface area contributed by atoms with Gasteiger partial charge in [0, 0.05) is 6.07 Å². The molecule has 108 valence electrons. The van der Waals surface area contributed by atoms with Gasteiger partial charge in [-0.25, -0.2) is 0 Å². The van der Waals surface area contributed by atoms with E-state index >= 15 is 0 Å². The van der Waals surface area contributed by atoms with Crippen LogP contribution in [0.15, 0.2) is 18.2 Å². The van der Waals surface area contributed by atoms with Crippen LogP contribution in [-0.2, 0) is 0 Å². The molecule has 1 aliphatic rings. The molecular formula is C16H28N2O. The second-order valence-electron chi connectivity index (χ2n) is 5.95. The third-order valence-corrected chi connectivity index (χ3v) is 3.58. The molecule has 4 N–H and O–H groups in total. The van der Waals surface area contributed by atoms with Crippen molar-refractivity contribution >= 4 is 11.4 Å². The van der Waals surface area contributed by atoms with Gasteiger partial charge in [-0.1, -0.05) is 33.1 Å². The van der Waals surface area contributed by atoms with Crippen molar-refractivity contribution in [1.82, 2.24) is 0 Å². The molecular weight excluding hydrogens is 236 g/mol. The summed E-state index contributed by atoms with van der Waals surface area (Å²) in [4.78, 5) is 0. The van der Waals surface area contributed by atoms with Crippen LogP contribution in [0.1, 0.15) is 52.9 Å². The van der Waals surface area contributed by atoms with Crippen LogP contribution in [-0.4, -0.2) is 6.61 Å². The fourth-order valence-corrected chi connectivity index (χ4v) is 2.32. The van der Waals surface area contributed by atoms with Crippen LogP contribution in [0.4, 0.5) is 11.4 Å². The number of rotatable bonds is 2. The first-order valence-electron chi connectivity index (χ1n) is 7.22. The molecule has 1 aromatic rings. The highest BCUT2D eigenvalue weighted by molar-refractivity contribution is 5.65. The Hall–Kier alpha value is -1.38. The molecule has 1 aromatic carbocycles. The first-order chi connectivity index (χ1) is 8.94. The van der Waals surface area contributed by atoms with Gasteiger partial charge in [0.05, 0.1) is 18.0 Å². The lowest BCUT2D eigenvalue weighted by atomic mass is 9.78. The van der Waals surface area contributed by atoms with E-state index in [1.807, 2.05) is 6.92 Å². The molecule has 0 aliphatic heterocycles. The number of hydrogen-bond donors (Lipinski definition) is 2. The van der Waals surface area contributed by atoms with Crippen molar-refractivity contribution in [2.24, 2.45) is 5.41 Å². The Labute approximate surface area is 117 Å². The maximum atomic E-state index is 5.55. The minimum atomic E-state index is 0.566. The van der Waals surface area contributed by atoms with E-state index in [1.165, 1.54) is 32.1 Å². The quantitative estimate of drug-likeness (QED) is 0.786. The third kappa shape index (κ3) is 5.86. The molecule has 19 heavy (non-hydrogen) atoms. The summed E-state index contributed by atoms with van der Waals surface area (Å²) in [6, 6.07) is 5.26. The topological polar surface area (TPSA) is 61.3 Å². The molecule has 3 heteroatoms. The van der Waals surface area contributed by atoms with Crippen molar-refractivity contribution < 1.29 is 4.74 Å². The molecule has 2 rings (SSSR count). The van der Waals surface area contributed by atoms with Crippen LogP contribution >= 0.6 is 0 Å². The van der Waals surface area contributed by atoms with Gasteiger partial charge in [0.2, 0.25) is 0 Å². The highest BCUT2D eigenvalue weighted by atomic mass is 16.5. The van der Waals surface area contributed by atoms with Crippen LogP contribution in [0.5, 0.6) is 5.75 Å². The minimum Gasteiger partial charge on any atom is -0.494 e. The van der Waals surface area contributed by atoms with Gasteiger partial charge in [0.1, 0.15) is 5.75 Å². The van der Waals surface area contributed by atoms with Crippen molar-refractivity contribution in [2.45, 2.75) is 52.9 Å². The Kier molecular flexibility index (Phi) is 6.00. The SMILES string of the molecule is CC1(C)CCCCC1.CCOc1ccc(N)c(N)c1. The second kappa shape index (κ2) is 7.27. The lowest BCUT2D eigenvalue weighted by molar-refractivity contribution is 0.244. The van der Waals surface area contributed by atoms with Gasteiger partial charge in [0.25, 0.3) is 0 Å². The summed E-state index contributed by atoms with van der Waals surface area (Å²) >= 11 is 0. The molecule has 0 amide bonds. The van der Waals surface area contributed by atoms with E-state index < -0.39 is 0 Å². The van der Waals surface area contributed by atoms with Crippen LogP contribution in [0.25, 0.3) is 0 Å². The van der Waals surface area contributed by atoms with E-state index in [1.54, 1.807) is 18.2 Å². The van der Waals surface area contributed by atoms with Gasteiger partial charge in [-0.15, -0.1) is 0 Å². The number of anilines is 2. The highest BCUT2D eigenvalue weighted by Crippen LogP contribution is 2.34. The number of ether oxygens (including phenoxy) is 1. The van der Waals surface area contributed by atoms with Crippen molar-refractivity contribution in [1.29, 1.82) is 0 Å². The Morgan fingerprint density at radius 3 is 2.11 bits per heavy atom. The monoisotopic (exact) mass is 264 g/mol. The van der Waals surface area contributed by atoms with Crippen molar-refractivity contribution in [3.8, 4) is 5.75 Å². The van der Waals surface area contributed by atoms with Gasteiger partial charge in [-0.2, -0.15) is 0 Å². The molecule has 0 heterocycles. The summed E-state index contributed by atoms with van der Waals surface area (Å²) in [7, 11) is 0. The summed E-state index contributed by atoms with van der Waals surface area (Å²) in [5.41, 5.74) is 12.9. The van der Waals surface area contributed by atoms with E-state index in [-0.39, 0.29) is 0 Å². The molecule has 1 aliphatic carbocycles. The summed E-state index contributed by atoms with van der Waals surface area (Å²) in [6.45, 7) is 7.33. The minimum absolute atomic E-state index is 0.566. The maximum Gasteiger partial charge on any atom is 0.121 e. The summed E-state index contributed by atoms with van der Waals surface area (Å²) in [5, 5.41) is 0. The molecule has 0 bridgehead atoms. The molecule has 0 radical (unpaired) electrons. The predicted molar refractivity (Wildman–Crippen MR) is 83.3 cm³/mol. The van der Waals surface area contributed by atoms with E-state index in [0.717, 1.165) is 5.75 Å². The van der Waals surface area contributed by atoms with E-state index in [0.29, 0.717) is 23.4 Å². The van der Waals surface area contributed by atoms with Gasteiger partial charge in [-0.3, -0.25) is 0 Å². The van der Waals surface area contributed by atoms with Crippen LogP contribution in [0, 0.1) is 5.41 Å². The lowest BCUT2D eigenvalue weighted by Crippen LogP contribution is -2.14. The number of hydrogen-bond acceptors (Lipinski definition) is 3. The van der Waals surface area contributed by atoms with E-state index in [4.69, 9.17) is 16.2 Å². The zero-order valence-electron chi connectivity index (χ0n) is 12.5. The van der Waals surface area contributed by atoms with Crippen LogP contribution in [0.2, 0.25) is 0 Å². The first kappa shape index (κ1) is 15.7. The van der Waals surface area contributed by atoms with E-state index in [9.17, 15) is 0 Å². The molecule has 0 saturated heterocycles. The normalized spacial score (nSPS) is 17.2. The zero-order valence-corrected chi connectivity index (χ0v) is 12.5. The number of benzene rings is 1. The summed E-state index contributed by atoms with van der Waals surface area (Å²) < 4.78 is 5.21. The Morgan fingerprint density at radius 2 is 1.68 bits per heavy atom. The van der Waals surface area contributed by atoms with Crippen LogP contribution < -0.4 is 16.2 Å². The Morgan fingerprint density at radius 1 is 1.05 bits per heavy atom. The molecule has 0 aromatic heterocycles. The predicted octanol–water partition coefficient (Wildman–Crippen LogP) is 4.23. The van der Waals surface area contributed by atoms with Gasteiger partial charge >= 0.3 is 0 Å². The van der Waals surface area contributed by atoms with E-state index in [2.05, 4.69) is 13.8 Å². The zero-order chi connectivity index (χ0) is 14.3. The Balaban J connectivity index is 0.000000200. The molecule has 0 spiro atoms. The fraction of sp³-hybridized carbons (Fsp3) is 0.625. The van der Waals surface area contributed by atoms with Gasteiger partial charge < -0.3 is 16.2 Å². The second-order valence-corrected chi connectivity index (χ2v) is 5.95. The lowest BCUT2D eigenvalue weighted by Gasteiger charge is -2.28. The molecule has 0 unspecified atom stereocenters. The average molecular weight is 264 g/mol. The van der Waals surface area contributed by atoms with Crippen molar-refractivity contribution in [3.63, 3.8) is 0 Å². The Bertz CT molecular complexity index is 380. The number of nitrogens with two attached hydrogens (primary N) is 2. The van der Waals surface area contributed by atoms with Gasteiger partial charge in [-0.05, 0) is 37.3 Å². The molecule has 1 fully saturated rings. The maximum absolute atomic E-state index is 5.55. The fourth-order valence-electron chi connectivity index (χ4n) is 2.32. The van der Waals surface area contributed by atoms with Crippen molar-refractivity contribution in [2.75, 3.05) is 18.1 Å². The highest BCUT2D eigenvalue weighted by Gasteiger charge is 2.19. The average Bonchev–Trinajstić information content (AvgIpc) is 2.35. The first-order valence-corrected chi connectivity index (χ1v) is 7.22. The smallest absolute Gasteiger partial charge is 0.121 e.